The van der Waals surface area contributed by atoms with Gasteiger partial charge in [-0.2, -0.15) is 0 Å². The van der Waals surface area contributed by atoms with Gasteiger partial charge in [0.15, 0.2) is 0 Å². The van der Waals surface area contributed by atoms with Gasteiger partial charge in [-0.05, 0) is 18.2 Å². The molecular weight excluding hydrogens is 308 g/mol. The summed E-state index contributed by atoms with van der Waals surface area (Å²) in [7, 11) is 1.81. The SMILES string of the molecule is Cn1c(Cl)cnc1CNc1ccc(Br)cc1F. The third kappa shape index (κ3) is 2.79. The van der Waals surface area contributed by atoms with Crippen molar-refractivity contribution in [1.82, 2.24) is 9.55 Å². The molecule has 0 amide bonds. The van der Waals surface area contributed by atoms with Gasteiger partial charge in [-0.25, -0.2) is 9.37 Å². The summed E-state index contributed by atoms with van der Waals surface area (Å²) >= 11 is 9.06. The van der Waals surface area contributed by atoms with Crippen molar-refractivity contribution in [2.24, 2.45) is 7.05 Å². The lowest BCUT2D eigenvalue weighted by Crippen LogP contribution is -2.07. The molecule has 0 unspecified atom stereocenters. The lowest BCUT2D eigenvalue weighted by atomic mass is 10.3. The number of nitrogens with zero attached hydrogens (tertiary/aromatic N) is 2. The number of nitrogens with one attached hydrogen (secondary N) is 1. The molecule has 0 aliphatic heterocycles. The summed E-state index contributed by atoms with van der Waals surface area (Å²) in [6.07, 6.45) is 1.57. The molecule has 17 heavy (non-hydrogen) atoms. The Labute approximate surface area is 112 Å². The minimum atomic E-state index is -0.306. The van der Waals surface area contributed by atoms with Crippen LogP contribution in [0.4, 0.5) is 10.1 Å². The quantitative estimate of drug-likeness (QED) is 0.937. The summed E-state index contributed by atoms with van der Waals surface area (Å²) in [5.74, 6) is 0.442. The smallest absolute Gasteiger partial charge is 0.147 e. The summed E-state index contributed by atoms with van der Waals surface area (Å²) in [5, 5.41) is 3.53. The highest BCUT2D eigenvalue weighted by Gasteiger charge is 2.06. The molecule has 0 spiro atoms. The summed E-state index contributed by atoms with van der Waals surface area (Å²) in [6.45, 7) is 0.418. The zero-order valence-electron chi connectivity index (χ0n) is 9.04. The van der Waals surface area contributed by atoms with Crippen molar-refractivity contribution >= 4 is 33.2 Å². The van der Waals surface area contributed by atoms with Crippen LogP contribution in [0.15, 0.2) is 28.9 Å². The highest BCUT2D eigenvalue weighted by Crippen LogP contribution is 2.20. The number of hydrogen-bond acceptors (Lipinski definition) is 2. The van der Waals surface area contributed by atoms with E-state index in [1.807, 2.05) is 7.05 Å². The van der Waals surface area contributed by atoms with E-state index < -0.39 is 0 Å². The van der Waals surface area contributed by atoms with E-state index in [2.05, 4.69) is 26.2 Å². The average Bonchev–Trinajstić information content (AvgIpc) is 2.59. The highest BCUT2D eigenvalue weighted by atomic mass is 79.9. The van der Waals surface area contributed by atoms with Gasteiger partial charge in [0.05, 0.1) is 18.4 Å². The van der Waals surface area contributed by atoms with Crippen LogP contribution in [0.1, 0.15) is 5.82 Å². The lowest BCUT2D eigenvalue weighted by Gasteiger charge is -2.08. The van der Waals surface area contributed by atoms with Gasteiger partial charge in [0.25, 0.3) is 0 Å². The molecule has 0 radical (unpaired) electrons. The van der Waals surface area contributed by atoms with Crippen LogP contribution in [0.25, 0.3) is 0 Å². The van der Waals surface area contributed by atoms with Crippen LogP contribution in [0.5, 0.6) is 0 Å². The molecule has 0 atom stereocenters. The summed E-state index contributed by atoms with van der Waals surface area (Å²) < 4.78 is 16.0. The van der Waals surface area contributed by atoms with Crippen molar-refractivity contribution in [1.29, 1.82) is 0 Å². The van der Waals surface area contributed by atoms with Gasteiger partial charge in [0.2, 0.25) is 0 Å². The number of rotatable bonds is 3. The molecule has 0 saturated heterocycles. The number of halogens is 3. The van der Waals surface area contributed by atoms with Crippen LogP contribution >= 0.6 is 27.5 Å². The molecule has 1 aromatic heterocycles. The topological polar surface area (TPSA) is 29.9 Å². The van der Waals surface area contributed by atoms with Crippen molar-refractivity contribution in [3.8, 4) is 0 Å². The molecule has 3 nitrogen and oxygen atoms in total. The predicted molar refractivity (Wildman–Crippen MR) is 69.6 cm³/mol. The summed E-state index contributed by atoms with van der Waals surface area (Å²) in [5.41, 5.74) is 0.437. The van der Waals surface area contributed by atoms with Gasteiger partial charge in [0, 0.05) is 11.5 Å². The predicted octanol–water partition coefficient (Wildman–Crippen LogP) is 3.59. The standard InChI is InChI=1S/C11H10BrClFN3/c1-17-10(13)5-16-11(17)6-15-9-3-2-7(12)4-8(9)14/h2-5,15H,6H2,1H3. The first-order valence-electron chi connectivity index (χ1n) is 4.93. The Kier molecular flexibility index (Phi) is 3.69. The van der Waals surface area contributed by atoms with Crippen molar-refractivity contribution in [3.05, 3.63) is 45.7 Å². The van der Waals surface area contributed by atoms with Gasteiger partial charge < -0.3 is 9.88 Å². The van der Waals surface area contributed by atoms with Crippen LogP contribution < -0.4 is 5.32 Å². The first kappa shape index (κ1) is 12.4. The molecule has 0 bridgehead atoms. The third-order valence-corrected chi connectivity index (χ3v) is 3.24. The molecule has 2 aromatic rings. The second kappa shape index (κ2) is 5.06. The third-order valence-electron chi connectivity index (χ3n) is 2.40. The van der Waals surface area contributed by atoms with E-state index in [9.17, 15) is 4.39 Å². The molecule has 0 aliphatic rings. The Balaban J connectivity index is 2.10. The van der Waals surface area contributed by atoms with E-state index in [4.69, 9.17) is 11.6 Å². The van der Waals surface area contributed by atoms with Crippen LogP contribution in [-0.2, 0) is 13.6 Å². The van der Waals surface area contributed by atoms with Gasteiger partial charge in [-0.15, -0.1) is 0 Å². The largest absolute Gasteiger partial charge is 0.375 e. The first-order chi connectivity index (χ1) is 8.08. The van der Waals surface area contributed by atoms with E-state index in [1.165, 1.54) is 6.07 Å². The maximum Gasteiger partial charge on any atom is 0.147 e. The average molecular weight is 319 g/mol. The zero-order valence-corrected chi connectivity index (χ0v) is 11.4. The molecule has 1 N–H and O–H groups in total. The maximum absolute atomic E-state index is 13.5. The molecule has 6 heteroatoms. The maximum atomic E-state index is 13.5. The van der Waals surface area contributed by atoms with Gasteiger partial charge in [-0.1, -0.05) is 27.5 Å². The Morgan fingerprint density at radius 3 is 2.88 bits per heavy atom. The van der Waals surface area contributed by atoms with Gasteiger partial charge in [-0.3, -0.25) is 0 Å². The Hall–Kier alpha value is -1.07. The second-order valence-corrected chi connectivity index (χ2v) is 4.84. The first-order valence-corrected chi connectivity index (χ1v) is 6.10. The highest BCUT2D eigenvalue weighted by molar-refractivity contribution is 9.10. The van der Waals surface area contributed by atoms with Crippen LogP contribution in [0, 0.1) is 5.82 Å². The Morgan fingerprint density at radius 2 is 2.29 bits per heavy atom. The summed E-state index contributed by atoms with van der Waals surface area (Å²) in [6, 6.07) is 4.86. The van der Waals surface area contributed by atoms with Gasteiger partial charge in [0.1, 0.15) is 16.8 Å². The van der Waals surface area contributed by atoms with Crippen molar-refractivity contribution in [3.63, 3.8) is 0 Å². The Morgan fingerprint density at radius 1 is 1.53 bits per heavy atom. The molecule has 0 saturated carbocycles. The Bertz CT molecular complexity index is 542. The lowest BCUT2D eigenvalue weighted by molar-refractivity contribution is 0.628. The zero-order chi connectivity index (χ0) is 12.4. The van der Waals surface area contributed by atoms with Crippen molar-refractivity contribution < 1.29 is 4.39 Å². The van der Waals surface area contributed by atoms with Crippen molar-refractivity contribution in [2.75, 3.05) is 5.32 Å². The number of benzene rings is 1. The van der Waals surface area contributed by atoms with Gasteiger partial charge >= 0.3 is 0 Å². The summed E-state index contributed by atoms with van der Waals surface area (Å²) in [4.78, 5) is 4.11. The fraction of sp³-hybridized carbons (Fsp3) is 0.182. The van der Waals surface area contributed by atoms with E-state index in [0.29, 0.717) is 21.9 Å². The van der Waals surface area contributed by atoms with E-state index in [-0.39, 0.29) is 5.82 Å². The normalized spacial score (nSPS) is 10.6. The molecule has 1 aromatic carbocycles. The number of imidazole rings is 1. The van der Waals surface area contributed by atoms with E-state index in [1.54, 1.807) is 22.9 Å². The van der Waals surface area contributed by atoms with Crippen LogP contribution in [-0.4, -0.2) is 9.55 Å². The second-order valence-electron chi connectivity index (χ2n) is 3.53. The van der Waals surface area contributed by atoms with E-state index in [0.717, 1.165) is 5.82 Å². The number of aromatic nitrogens is 2. The minimum absolute atomic E-state index is 0.306. The van der Waals surface area contributed by atoms with Crippen LogP contribution in [0.3, 0.4) is 0 Å². The molecule has 1 heterocycles. The molecular formula is C11H10BrClFN3. The van der Waals surface area contributed by atoms with Crippen molar-refractivity contribution in [2.45, 2.75) is 6.54 Å². The molecule has 0 fully saturated rings. The molecule has 90 valence electrons. The molecule has 0 aliphatic carbocycles. The molecule has 2 rings (SSSR count). The minimum Gasteiger partial charge on any atom is -0.375 e. The number of hydrogen-bond donors (Lipinski definition) is 1. The fourth-order valence-electron chi connectivity index (χ4n) is 1.40. The number of anilines is 1. The fourth-order valence-corrected chi connectivity index (χ4v) is 1.88. The van der Waals surface area contributed by atoms with Crippen LogP contribution in [0.2, 0.25) is 5.15 Å². The van der Waals surface area contributed by atoms with E-state index >= 15 is 0 Å². The monoisotopic (exact) mass is 317 g/mol.